The van der Waals surface area contributed by atoms with Crippen LogP contribution in [0.5, 0.6) is 0 Å². The van der Waals surface area contributed by atoms with E-state index in [0.29, 0.717) is 6.61 Å². The molecule has 0 aromatic rings. The number of carboxylic acids is 1. The average molecular weight is 308 g/mol. The standard InChI is InChI=1S/C17H28N2O3/c1-14(12-15(2)17(20)21)13-16(3)22-11-5-6-19-9-7-18(4)8-10-19/h12-13H,2,5-11H2,1,3-4H3,(H,20,21)/b14-12-,16-13+. The van der Waals surface area contributed by atoms with Crippen LogP contribution in [0.3, 0.4) is 0 Å². The second kappa shape index (κ2) is 9.43. The maximum atomic E-state index is 10.7. The molecular formula is C17H28N2O3. The summed E-state index contributed by atoms with van der Waals surface area (Å²) in [6.45, 7) is 13.5. The van der Waals surface area contributed by atoms with Crippen LogP contribution >= 0.6 is 0 Å². The average Bonchev–Trinajstić information content (AvgIpc) is 2.45. The van der Waals surface area contributed by atoms with Gasteiger partial charge < -0.3 is 19.6 Å². The van der Waals surface area contributed by atoms with E-state index in [1.807, 2.05) is 19.9 Å². The van der Waals surface area contributed by atoms with Crippen LogP contribution < -0.4 is 0 Å². The summed E-state index contributed by atoms with van der Waals surface area (Å²) in [5, 5.41) is 8.77. The normalized spacial score (nSPS) is 18.3. The minimum atomic E-state index is -1.00. The number of carboxylic acid groups (broad SMARTS) is 1. The van der Waals surface area contributed by atoms with E-state index in [9.17, 15) is 4.79 Å². The highest BCUT2D eigenvalue weighted by Crippen LogP contribution is 2.07. The van der Waals surface area contributed by atoms with Gasteiger partial charge in [-0.2, -0.15) is 0 Å². The lowest BCUT2D eigenvalue weighted by Gasteiger charge is -2.32. The molecule has 1 aliphatic rings. The molecule has 5 nitrogen and oxygen atoms in total. The molecule has 1 aliphatic heterocycles. The summed E-state index contributed by atoms with van der Waals surface area (Å²) in [5.74, 6) is -0.205. The minimum absolute atomic E-state index is 0.0802. The van der Waals surface area contributed by atoms with Gasteiger partial charge in [0, 0.05) is 32.7 Å². The molecule has 0 aromatic carbocycles. The highest BCUT2D eigenvalue weighted by Gasteiger charge is 2.12. The van der Waals surface area contributed by atoms with Gasteiger partial charge in [-0.05, 0) is 45.0 Å². The molecule has 0 amide bonds. The Morgan fingerprint density at radius 3 is 2.45 bits per heavy atom. The molecule has 0 unspecified atom stereocenters. The van der Waals surface area contributed by atoms with Gasteiger partial charge in [-0.1, -0.05) is 6.58 Å². The van der Waals surface area contributed by atoms with E-state index in [2.05, 4.69) is 23.4 Å². The monoisotopic (exact) mass is 308 g/mol. The van der Waals surface area contributed by atoms with Gasteiger partial charge in [0.25, 0.3) is 0 Å². The number of rotatable bonds is 8. The van der Waals surface area contributed by atoms with Crippen molar-refractivity contribution in [3.8, 4) is 0 Å². The van der Waals surface area contributed by atoms with E-state index in [1.54, 1.807) is 6.08 Å². The maximum Gasteiger partial charge on any atom is 0.335 e. The fourth-order valence-corrected chi connectivity index (χ4v) is 2.33. The predicted octanol–water partition coefficient (Wildman–Crippen LogP) is 2.13. The smallest absolute Gasteiger partial charge is 0.335 e. The summed E-state index contributed by atoms with van der Waals surface area (Å²) in [5.41, 5.74) is 0.903. The molecular weight excluding hydrogens is 280 g/mol. The number of aliphatic carboxylic acids is 1. The number of allylic oxidation sites excluding steroid dienone is 3. The maximum absolute atomic E-state index is 10.7. The SMILES string of the molecule is C=C(/C=C(C)\C=C(/C)OCCCN1CCN(C)CC1)C(=O)O. The molecule has 1 heterocycles. The lowest BCUT2D eigenvalue weighted by molar-refractivity contribution is -0.132. The zero-order valence-electron chi connectivity index (χ0n) is 14.0. The molecule has 0 radical (unpaired) electrons. The van der Waals surface area contributed by atoms with E-state index in [4.69, 9.17) is 9.84 Å². The second-order valence-corrected chi connectivity index (χ2v) is 5.82. The van der Waals surface area contributed by atoms with E-state index in [-0.39, 0.29) is 5.57 Å². The van der Waals surface area contributed by atoms with Gasteiger partial charge in [-0.15, -0.1) is 0 Å². The molecule has 1 N–H and O–H groups in total. The summed E-state index contributed by atoms with van der Waals surface area (Å²) < 4.78 is 5.67. The van der Waals surface area contributed by atoms with E-state index in [0.717, 1.165) is 50.5 Å². The Morgan fingerprint density at radius 1 is 1.23 bits per heavy atom. The zero-order valence-corrected chi connectivity index (χ0v) is 14.0. The number of ether oxygens (including phenoxy) is 1. The quantitative estimate of drug-likeness (QED) is 0.322. The van der Waals surface area contributed by atoms with Crippen molar-refractivity contribution in [2.75, 3.05) is 46.4 Å². The fourth-order valence-electron chi connectivity index (χ4n) is 2.33. The summed E-state index contributed by atoms with van der Waals surface area (Å²) in [4.78, 5) is 15.5. The summed E-state index contributed by atoms with van der Waals surface area (Å²) in [7, 11) is 2.16. The van der Waals surface area contributed by atoms with Crippen molar-refractivity contribution in [1.82, 2.24) is 9.80 Å². The Balaban J connectivity index is 2.24. The molecule has 0 bridgehead atoms. The van der Waals surface area contributed by atoms with Gasteiger partial charge in [0.05, 0.1) is 17.9 Å². The third kappa shape index (κ3) is 7.43. The summed E-state index contributed by atoms with van der Waals surface area (Å²) in [6, 6.07) is 0. The van der Waals surface area contributed by atoms with E-state index >= 15 is 0 Å². The number of hydrogen-bond acceptors (Lipinski definition) is 4. The molecule has 1 saturated heterocycles. The first-order valence-corrected chi connectivity index (χ1v) is 7.71. The largest absolute Gasteiger partial charge is 0.498 e. The van der Waals surface area contributed by atoms with Gasteiger partial charge in [0.2, 0.25) is 0 Å². The van der Waals surface area contributed by atoms with Gasteiger partial charge in [0.15, 0.2) is 0 Å². The van der Waals surface area contributed by atoms with Crippen LogP contribution in [-0.2, 0) is 9.53 Å². The lowest BCUT2D eigenvalue weighted by Crippen LogP contribution is -2.44. The first-order chi connectivity index (χ1) is 10.4. The van der Waals surface area contributed by atoms with Gasteiger partial charge in [-0.3, -0.25) is 0 Å². The second-order valence-electron chi connectivity index (χ2n) is 5.82. The molecule has 1 fully saturated rings. The van der Waals surface area contributed by atoms with Crippen LogP contribution in [0.25, 0.3) is 0 Å². The Bertz CT molecular complexity index is 447. The number of likely N-dealkylation sites (N-methyl/N-ethyl adjacent to an activating group) is 1. The Hall–Kier alpha value is -1.59. The van der Waals surface area contributed by atoms with Crippen molar-refractivity contribution >= 4 is 5.97 Å². The third-order valence-electron chi connectivity index (χ3n) is 3.65. The topological polar surface area (TPSA) is 53.0 Å². The zero-order chi connectivity index (χ0) is 16.5. The number of hydrogen-bond donors (Lipinski definition) is 1. The van der Waals surface area contributed by atoms with Crippen LogP contribution in [0.2, 0.25) is 0 Å². The first kappa shape index (κ1) is 18.5. The molecule has 1 rings (SSSR count). The van der Waals surface area contributed by atoms with Crippen molar-refractivity contribution < 1.29 is 14.6 Å². The molecule has 124 valence electrons. The van der Waals surface area contributed by atoms with Crippen LogP contribution in [-0.4, -0.2) is 67.3 Å². The van der Waals surface area contributed by atoms with Crippen LogP contribution in [0, 0.1) is 0 Å². The van der Waals surface area contributed by atoms with Crippen LogP contribution in [0.4, 0.5) is 0 Å². The molecule has 0 aliphatic carbocycles. The Labute approximate surface area is 133 Å². The van der Waals surface area contributed by atoms with E-state index < -0.39 is 5.97 Å². The highest BCUT2D eigenvalue weighted by molar-refractivity contribution is 5.89. The van der Waals surface area contributed by atoms with Gasteiger partial charge in [0.1, 0.15) is 0 Å². The van der Waals surface area contributed by atoms with Crippen LogP contribution in [0.1, 0.15) is 20.3 Å². The molecule has 0 atom stereocenters. The fraction of sp³-hybridized carbons (Fsp3) is 0.588. The van der Waals surface area contributed by atoms with Crippen molar-refractivity contribution in [2.24, 2.45) is 0 Å². The predicted molar refractivity (Wildman–Crippen MR) is 88.8 cm³/mol. The van der Waals surface area contributed by atoms with Gasteiger partial charge >= 0.3 is 5.97 Å². The van der Waals surface area contributed by atoms with Crippen LogP contribution in [0.15, 0.2) is 35.6 Å². The van der Waals surface area contributed by atoms with Crippen molar-refractivity contribution in [3.63, 3.8) is 0 Å². The molecule has 22 heavy (non-hydrogen) atoms. The Kier molecular flexibility index (Phi) is 7.91. The third-order valence-corrected chi connectivity index (χ3v) is 3.65. The van der Waals surface area contributed by atoms with Crippen molar-refractivity contribution in [1.29, 1.82) is 0 Å². The summed E-state index contributed by atoms with van der Waals surface area (Å²) in [6.07, 6.45) is 4.38. The molecule has 0 spiro atoms. The van der Waals surface area contributed by atoms with Gasteiger partial charge in [-0.25, -0.2) is 4.79 Å². The minimum Gasteiger partial charge on any atom is -0.498 e. The van der Waals surface area contributed by atoms with Crippen molar-refractivity contribution in [3.05, 3.63) is 35.6 Å². The number of nitrogens with zero attached hydrogens (tertiary/aromatic N) is 2. The van der Waals surface area contributed by atoms with E-state index in [1.165, 1.54) is 0 Å². The number of carbonyl (C=O) groups is 1. The lowest BCUT2D eigenvalue weighted by atomic mass is 10.2. The Morgan fingerprint density at radius 2 is 1.86 bits per heavy atom. The highest BCUT2D eigenvalue weighted by atomic mass is 16.5. The van der Waals surface area contributed by atoms with Crippen molar-refractivity contribution in [2.45, 2.75) is 20.3 Å². The number of piperazine rings is 1. The molecule has 0 aromatic heterocycles. The molecule has 0 saturated carbocycles. The first-order valence-electron chi connectivity index (χ1n) is 7.71. The molecule has 5 heteroatoms. The summed E-state index contributed by atoms with van der Waals surface area (Å²) >= 11 is 0.